The maximum atomic E-state index is 10.8. The Bertz CT molecular complexity index is 388. The van der Waals surface area contributed by atoms with Gasteiger partial charge in [0.25, 0.3) is 0 Å². The first-order chi connectivity index (χ1) is 7.56. The summed E-state index contributed by atoms with van der Waals surface area (Å²) in [5.41, 5.74) is 0.250. The van der Waals surface area contributed by atoms with Crippen molar-refractivity contribution in [2.45, 2.75) is 19.9 Å². The van der Waals surface area contributed by atoms with Gasteiger partial charge in [0.1, 0.15) is 5.82 Å². The lowest BCUT2D eigenvalue weighted by atomic mass is 10.2. The number of nitrogens with zero attached hydrogens (tertiary/aromatic N) is 2. The Morgan fingerprint density at radius 1 is 1.69 bits per heavy atom. The van der Waals surface area contributed by atoms with Gasteiger partial charge in [-0.1, -0.05) is 6.08 Å². The largest absolute Gasteiger partial charge is 0.478 e. The Balaban J connectivity index is 3.04. The molecule has 0 atom stereocenters. The molecule has 86 valence electrons. The minimum atomic E-state index is -0.939. The second kappa shape index (κ2) is 5.30. The van der Waals surface area contributed by atoms with E-state index >= 15 is 0 Å². The van der Waals surface area contributed by atoms with Crippen molar-refractivity contribution in [2.24, 2.45) is 0 Å². The van der Waals surface area contributed by atoms with E-state index in [-0.39, 0.29) is 11.6 Å². The maximum Gasteiger partial charge on any atom is 0.335 e. The van der Waals surface area contributed by atoms with E-state index < -0.39 is 5.97 Å². The molecule has 4 heteroatoms. The summed E-state index contributed by atoms with van der Waals surface area (Å²) in [4.78, 5) is 17.0. The van der Waals surface area contributed by atoms with Gasteiger partial charge in [-0.2, -0.15) is 0 Å². The van der Waals surface area contributed by atoms with Crippen LogP contribution in [0.15, 0.2) is 31.0 Å². The number of carboxylic acids is 1. The third-order valence-electron chi connectivity index (χ3n) is 2.24. The van der Waals surface area contributed by atoms with Crippen molar-refractivity contribution in [1.29, 1.82) is 0 Å². The summed E-state index contributed by atoms with van der Waals surface area (Å²) >= 11 is 0. The van der Waals surface area contributed by atoms with E-state index in [1.807, 2.05) is 18.7 Å². The quantitative estimate of drug-likeness (QED) is 0.773. The molecule has 1 aromatic heterocycles. The average molecular weight is 220 g/mol. The van der Waals surface area contributed by atoms with Gasteiger partial charge in [0.2, 0.25) is 0 Å². The van der Waals surface area contributed by atoms with Crippen molar-refractivity contribution < 1.29 is 9.90 Å². The van der Waals surface area contributed by atoms with E-state index in [2.05, 4.69) is 11.6 Å². The Labute approximate surface area is 95.2 Å². The minimum absolute atomic E-state index is 0.245. The Hall–Kier alpha value is -1.84. The van der Waals surface area contributed by atoms with Gasteiger partial charge in [-0.05, 0) is 26.0 Å². The number of carbonyl (C=O) groups is 1. The first kappa shape index (κ1) is 12.2. The molecule has 0 saturated carbocycles. The highest BCUT2D eigenvalue weighted by Gasteiger charge is 2.12. The molecule has 1 rings (SSSR count). The first-order valence-corrected chi connectivity index (χ1v) is 5.13. The van der Waals surface area contributed by atoms with Gasteiger partial charge < -0.3 is 10.0 Å². The number of hydrogen-bond donors (Lipinski definition) is 1. The van der Waals surface area contributed by atoms with Gasteiger partial charge in [-0.15, -0.1) is 6.58 Å². The molecule has 16 heavy (non-hydrogen) atoms. The van der Waals surface area contributed by atoms with Crippen LogP contribution in [-0.2, 0) is 0 Å². The zero-order valence-electron chi connectivity index (χ0n) is 9.55. The molecule has 4 nitrogen and oxygen atoms in total. The summed E-state index contributed by atoms with van der Waals surface area (Å²) < 4.78 is 0. The van der Waals surface area contributed by atoms with Crippen LogP contribution < -0.4 is 4.90 Å². The first-order valence-electron chi connectivity index (χ1n) is 5.13. The van der Waals surface area contributed by atoms with Crippen LogP contribution in [0.2, 0.25) is 0 Å². The van der Waals surface area contributed by atoms with Crippen LogP contribution in [0.3, 0.4) is 0 Å². The molecule has 0 bridgehead atoms. The van der Waals surface area contributed by atoms with E-state index in [1.165, 1.54) is 12.3 Å². The van der Waals surface area contributed by atoms with E-state index in [0.29, 0.717) is 12.4 Å². The average Bonchev–Trinajstić information content (AvgIpc) is 2.25. The SMILES string of the molecule is C=CCN(c1cc(C(=O)O)ccn1)C(C)C. The van der Waals surface area contributed by atoms with E-state index in [0.717, 1.165) is 0 Å². The molecule has 0 spiro atoms. The van der Waals surface area contributed by atoms with Crippen molar-refractivity contribution in [3.63, 3.8) is 0 Å². The van der Waals surface area contributed by atoms with Crippen molar-refractivity contribution in [3.05, 3.63) is 36.5 Å². The zero-order valence-corrected chi connectivity index (χ0v) is 9.55. The van der Waals surface area contributed by atoms with Gasteiger partial charge in [0, 0.05) is 18.8 Å². The maximum absolute atomic E-state index is 10.8. The second-order valence-electron chi connectivity index (χ2n) is 3.74. The predicted octanol–water partition coefficient (Wildman–Crippen LogP) is 2.18. The molecule has 1 aromatic rings. The molecule has 0 saturated heterocycles. The van der Waals surface area contributed by atoms with Crippen LogP contribution in [0, 0.1) is 0 Å². The number of hydrogen-bond acceptors (Lipinski definition) is 3. The number of aromatic carboxylic acids is 1. The van der Waals surface area contributed by atoms with Crippen molar-refractivity contribution >= 4 is 11.8 Å². The Morgan fingerprint density at radius 2 is 2.38 bits per heavy atom. The molecular formula is C12H16N2O2. The summed E-state index contributed by atoms with van der Waals surface area (Å²) in [6, 6.07) is 3.30. The molecular weight excluding hydrogens is 204 g/mol. The van der Waals surface area contributed by atoms with Gasteiger partial charge in [0.15, 0.2) is 0 Å². The molecule has 0 radical (unpaired) electrons. The van der Waals surface area contributed by atoms with Crippen molar-refractivity contribution in [2.75, 3.05) is 11.4 Å². The molecule has 0 aliphatic rings. The van der Waals surface area contributed by atoms with E-state index in [9.17, 15) is 4.79 Å². The van der Waals surface area contributed by atoms with Crippen LogP contribution >= 0.6 is 0 Å². The lowest BCUT2D eigenvalue weighted by molar-refractivity contribution is 0.0697. The highest BCUT2D eigenvalue weighted by molar-refractivity contribution is 5.88. The summed E-state index contributed by atoms with van der Waals surface area (Å²) in [5.74, 6) is -0.277. The predicted molar refractivity (Wildman–Crippen MR) is 63.9 cm³/mol. The minimum Gasteiger partial charge on any atom is -0.478 e. The molecule has 0 aromatic carbocycles. The molecule has 0 unspecified atom stereocenters. The lowest BCUT2D eigenvalue weighted by Crippen LogP contribution is -2.31. The fourth-order valence-corrected chi connectivity index (χ4v) is 1.42. The lowest BCUT2D eigenvalue weighted by Gasteiger charge is -2.26. The number of pyridine rings is 1. The van der Waals surface area contributed by atoms with Gasteiger partial charge in [-0.25, -0.2) is 9.78 Å². The van der Waals surface area contributed by atoms with Crippen molar-refractivity contribution in [1.82, 2.24) is 4.98 Å². The number of rotatable bonds is 5. The Morgan fingerprint density at radius 3 is 2.88 bits per heavy atom. The normalized spacial score (nSPS) is 10.2. The Kier molecular flexibility index (Phi) is 4.05. The van der Waals surface area contributed by atoms with Crippen LogP contribution in [0.4, 0.5) is 5.82 Å². The van der Waals surface area contributed by atoms with E-state index in [1.54, 1.807) is 12.1 Å². The number of carboxylic acid groups (broad SMARTS) is 1. The summed E-state index contributed by atoms with van der Waals surface area (Å²) in [7, 11) is 0. The molecule has 0 aliphatic carbocycles. The highest BCUT2D eigenvalue weighted by Crippen LogP contribution is 2.15. The topological polar surface area (TPSA) is 53.4 Å². The van der Waals surface area contributed by atoms with Crippen molar-refractivity contribution in [3.8, 4) is 0 Å². The summed E-state index contributed by atoms with van der Waals surface area (Å²) in [5, 5.41) is 8.89. The number of anilines is 1. The fraction of sp³-hybridized carbons (Fsp3) is 0.333. The standard InChI is InChI=1S/C12H16N2O2/c1-4-7-14(9(2)3)11-8-10(12(15)16)5-6-13-11/h4-6,8-9H,1,7H2,2-3H3,(H,15,16). The van der Waals surface area contributed by atoms with Crippen LogP contribution in [0.25, 0.3) is 0 Å². The molecule has 0 amide bonds. The number of aromatic nitrogens is 1. The van der Waals surface area contributed by atoms with Crippen LogP contribution in [0.1, 0.15) is 24.2 Å². The summed E-state index contributed by atoms with van der Waals surface area (Å²) in [6.45, 7) is 8.38. The van der Waals surface area contributed by atoms with Gasteiger partial charge in [-0.3, -0.25) is 0 Å². The third-order valence-corrected chi connectivity index (χ3v) is 2.24. The third kappa shape index (κ3) is 2.82. The highest BCUT2D eigenvalue weighted by atomic mass is 16.4. The molecule has 1 heterocycles. The molecule has 1 N–H and O–H groups in total. The van der Waals surface area contributed by atoms with E-state index in [4.69, 9.17) is 5.11 Å². The van der Waals surface area contributed by atoms with Gasteiger partial charge >= 0.3 is 5.97 Å². The zero-order chi connectivity index (χ0) is 12.1. The van der Waals surface area contributed by atoms with Crippen LogP contribution in [0.5, 0.6) is 0 Å². The molecule has 0 aliphatic heterocycles. The molecule has 0 fully saturated rings. The van der Waals surface area contributed by atoms with Crippen LogP contribution in [-0.4, -0.2) is 28.6 Å². The fourth-order valence-electron chi connectivity index (χ4n) is 1.42. The van der Waals surface area contributed by atoms with Gasteiger partial charge in [0.05, 0.1) is 5.56 Å². The second-order valence-corrected chi connectivity index (χ2v) is 3.74. The monoisotopic (exact) mass is 220 g/mol. The smallest absolute Gasteiger partial charge is 0.335 e. The summed E-state index contributed by atoms with van der Waals surface area (Å²) in [6.07, 6.45) is 3.28.